The fourth-order valence-corrected chi connectivity index (χ4v) is 1.95. The lowest BCUT2D eigenvalue weighted by Crippen LogP contribution is -2.12. The van der Waals surface area contributed by atoms with E-state index in [1.54, 1.807) is 25.1 Å². The standard InChI is InChI=1S/C16H17F2N/c1-3-19-10-14-5-4-13(9-16(14)18)12-6-7-15(17)11(2)8-12/h4-9,19H,3,10H2,1-2H3. The Bertz CT molecular complexity index is 579. The molecule has 3 heteroatoms. The summed E-state index contributed by atoms with van der Waals surface area (Å²) >= 11 is 0. The normalized spacial score (nSPS) is 10.7. The summed E-state index contributed by atoms with van der Waals surface area (Å²) in [4.78, 5) is 0. The van der Waals surface area contributed by atoms with Gasteiger partial charge in [0.1, 0.15) is 11.6 Å². The van der Waals surface area contributed by atoms with Gasteiger partial charge in [-0.2, -0.15) is 0 Å². The third kappa shape index (κ3) is 3.18. The molecule has 19 heavy (non-hydrogen) atoms. The average Bonchev–Trinajstić information content (AvgIpc) is 2.40. The van der Waals surface area contributed by atoms with Crippen LogP contribution in [0.1, 0.15) is 18.1 Å². The monoisotopic (exact) mass is 261 g/mol. The Morgan fingerprint density at radius 1 is 0.947 bits per heavy atom. The lowest BCUT2D eigenvalue weighted by atomic mass is 10.0. The predicted octanol–water partition coefficient (Wildman–Crippen LogP) is 4.05. The van der Waals surface area contributed by atoms with Gasteiger partial charge in [-0.1, -0.05) is 25.1 Å². The molecule has 1 nitrogen and oxygen atoms in total. The summed E-state index contributed by atoms with van der Waals surface area (Å²) in [5, 5.41) is 3.09. The van der Waals surface area contributed by atoms with Crippen LogP contribution in [0.5, 0.6) is 0 Å². The second-order valence-electron chi connectivity index (χ2n) is 4.55. The van der Waals surface area contributed by atoms with Crippen LogP contribution < -0.4 is 5.32 Å². The number of benzene rings is 2. The molecule has 0 atom stereocenters. The molecule has 0 radical (unpaired) electrons. The van der Waals surface area contributed by atoms with Gasteiger partial charge in [-0.25, -0.2) is 8.78 Å². The van der Waals surface area contributed by atoms with Crippen LogP contribution >= 0.6 is 0 Å². The molecule has 0 unspecified atom stereocenters. The zero-order chi connectivity index (χ0) is 13.8. The number of aryl methyl sites for hydroxylation is 1. The van der Waals surface area contributed by atoms with E-state index in [0.717, 1.165) is 17.7 Å². The lowest BCUT2D eigenvalue weighted by molar-refractivity contribution is 0.594. The molecule has 1 N–H and O–H groups in total. The molecule has 100 valence electrons. The van der Waals surface area contributed by atoms with E-state index < -0.39 is 0 Å². The molecule has 0 aromatic heterocycles. The van der Waals surface area contributed by atoms with Gasteiger partial charge in [-0.3, -0.25) is 0 Å². The van der Waals surface area contributed by atoms with Gasteiger partial charge in [0.25, 0.3) is 0 Å². The van der Waals surface area contributed by atoms with Crippen molar-refractivity contribution in [3.05, 3.63) is 59.2 Å². The molecular weight excluding hydrogens is 244 g/mol. The van der Waals surface area contributed by atoms with Crippen molar-refractivity contribution in [3.8, 4) is 11.1 Å². The van der Waals surface area contributed by atoms with Crippen molar-refractivity contribution in [2.75, 3.05) is 6.54 Å². The quantitative estimate of drug-likeness (QED) is 0.875. The molecule has 2 rings (SSSR count). The van der Waals surface area contributed by atoms with Gasteiger partial charge in [0, 0.05) is 12.1 Å². The summed E-state index contributed by atoms with van der Waals surface area (Å²) in [6, 6.07) is 9.94. The van der Waals surface area contributed by atoms with Crippen LogP contribution in [0.4, 0.5) is 8.78 Å². The van der Waals surface area contributed by atoms with E-state index >= 15 is 0 Å². The summed E-state index contributed by atoms with van der Waals surface area (Å²) in [7, 11) is 0. The molecule has 2 aromatic carbocycles. The van der Waals surface area contributed by atoms with Crippen molar-refractivity contribution >= 4 is 0 Å². The first-order valence-corrected chi connectivity index (χ1v) is 6.37. The smallest absolute Gasteiger partial charge is 0.128 e. The van der Waals surface area contributed by atoms with E-state index in [1.165, 1.54) is 12.1 Å². The van der Waals surface area contributed by atoms with Crippen LogP contribution in [0.3, 0.4) is 0 Å². The van der Waals surface area contributed by atoms with Crippen molar-refractivity contribution < 1.29 is 8.78 Å². The van der Waals surface area contributed by atoms with Gasteiger partial charge < -0.3 is 5.32 Å². The molecule has 0 fully saturated rings. The third-order valence-electron chi connectivity index (χ3n) is 3.11. The first-order valence-electron chi connectivity index (χ1n) is 6.37. The van der Waals surface area contributed by atoms with Crippen LogP contribution in [-0.2, 0) is 6.54 Å². The minimum absolute atomic E-state index is 0.236. The van der Waals surface area contributed by atoms with Crippen LogP contribution in [0, 0.1) is 18.6 Å². The highest BCUT2D eigenvalue weighted by atomic mass is 19.1. The van der Waals surface area contributed by atoms with Crippen molar-refractivity contribution in [2.45, 2.75) is 20.4 Å². The van der Waals surface area contributed by atoms with E-state index in [4.69, 9.17) is 0 Å². The molecule has 0 aliphatic carbocycles. The fraction of sp³-hybridized carbons (Fsp3) is 0.250. The van der Waals surface area contributed by atoms with Crippen LogP contribution in [-0.4, -0.2) is 6.54 Å². The Hall–Kier alpha value is -1.74. The van der Waals surface area contributed by atoms with E-state index in [1.807, 2.05) is 13.0 Å². The highest BCUT2D eigenvalue weighted by Crippen LogP contribution is 2.24. The zero-order valence-corrected chi connectivity index (χ0v) is 11.1. The molecular formula is C16H17F2N. The van der Waals surface area contributed by atoms with E-state index in [-0.39, 0.29) is 11.6 Å². The number of halogens is 2. The van der Waals surface area contributed by atoms with Gasteiger partial charge >= 0.3 is 0 Å². The maximum absolute atomic E-state index is 13.9. The molecule has 2 aromatic rings. The molecule has 0 saturated carbocycles. The minimum atomic E-state index is -0.243. The van der Waals surface area contributed by atoms with Gasteiger partial charge in [0.2, 0.25) is 0 Å². The maximum Gasteiger partial charge on any atom is 0.128 e. The number of rotatable bonds is 4. The fourth-order valence-electron chi connectivity index (χ4n) is 1.95. The molecule has 0 heterocycles. The molecule has 0 saturated heterocycles. The Labute approximate surface area is 112 Å². The molecule has 0 aliphatic rings. The second kappa shape index (κ2) is 5.93. The van der Waals surface area contributed by atoms with Gasteiger partial charge in [0.15, 0.2) is 0 Å². The van der Waals surface area contributed by atoms with Crippen molar-refractivity contribution in [1.29, 1.82) is 0 Å². The maximum atomic E-state index is 13.9. The van der Waals surface area contributed by atoms with Gasteiger partial charge in [-0.15, -0.1) is 0 Å². The van der Waals surface area contributed by atoms with Crippen molar-refractivity contribution in [1.82, 2.24) is 5.32 Å². The van der Waals surface area contributed by atoms with Gasteiger partial charge in [0.05, 0.1) is 0 Å². The number of nitrogens with one attached hydrogen (secondary N) is 1. The minimum Gasteiger partial charge on any atom is -0.313 e. The van der Waals surface area contributed by atoms with Crippen LogP contribution in [0.15, 0.2) is 36.4 Å². The molecule has 0 spiro atoms. The predicted molar refractivity (Wildman–Crippen MR) is 73.9 cm³/mol. The lowest BCUT2D eigenvalue weighted by Gasteiger charge is -2.08. The van der Waals surface area contributed by atoms with Crippen molar-refractivity contribution in [3.63, 3.8) is 0 Å². The SMILES string of the molecule is CCNCc1ccc(-c2ccc(F)c(C)c2)cc1F. The Balaban J connectivity index is 2.30. The second-order valence-corrected chi connectivity index (χ2v) is 4.55. The van der Waals surface area contributed by atoms with E-state index in [0.29, 0.717) is 17.7 Å². The molecule has 0 amide bonds. The summed E-state index contributed by atoms with van der Waals surface area (Å²) in [6.45, 7) is 5.01. The zero-order valence-electron chi connectivity index (χ0n) is 11.1. The Kier molecular flexibility index (Phi) is 4.27. The highest BCUT2D eigenvalue weighted by molar-refractivity contribution is 5.64. The highest BCUT2D eigenvalue weighted by Gasteiger charge is 2.06. The third-order valence-corrected chi connectivity index (χ3v) is 3.11. The summed E-state index contributed by atoms with van der Waals surface area (Å²) in [6.07, 6.45) is 0. The van der Waals surface area contributed by atoms with Crippen LogP contribution in [0.25, 0.3) is 11.1 Å². The van der Waals surface area contributed by atoms with Crippen molar-refractivity contribution in [2.24, 2.45) is 0 Å². The summed E-state index contributed by atoms with van der Waals surface area (Å²) in [5.41, 5.74) is 2.80. The molecule has 0 aliphatic heterocycles. The molecule has 0 bridgehead atoms. The first-order chi connectivity index (χ1) is 9.11. The average molecular weight is 261 g/mol. The number of hydrogen-bond donors (Lipinski definition) is 1. The topological polar surface area (TPSA) is 12.0 Å². The largest absolute Gasteiger partial charge is 0.313 e. The van der Waals surface area contributed by atoms with E-state index in [9.17, 15) is 8.78 Å². The Morgan fingerprint density at radius 3 is 2.26 bits per heavy atom. The van der Waals surface area contributed by atoms with Gasteiger partial charge in [-0.05, 0) is 48.4 Å². The van der Waals surface area contributed by atoms with E-state index in [2.05, 4.69) is 5.32 Å². The number of hydrogen-bond acceptors (Lipinski definition) is 1. The summed E-state index contributed by atoms with van der Waals surface area (Å²) < 4.78 is 27.1. The summed E-state index contributed by atoms with van der Waals surface area (Å²) in [5.74, 6) is -0.478. The Morgan fingerprint density at radius 2 is 1.63 bits per heavy atom. The first kappa shape index (κ1) is 13.7. The van der Waals surface area contributed by atoms with Crippen LogP contribution in [0.2, 0.25) is 0 Å².